The SMILES string of the molecule is C=CC(=O)N1CCN(c2nc(=O)n(-c3c(C)cccc3S(=O)(=O)C3CC3)c3nc(-c4c(F)cccc4Cl)c(F)cc23)[C@@H](C)C1. The number of para-hydroxylation sites is 1. The van der Waals surface area contributed by atoms with Crippen molar-refractivity contribution in [1.29, 1.82) is 0 Å². The Morgan fingerprint density at radius 1 is 1.09 bits per heavy atom. The fraction of sp³-hybridized carbons (Fsp3) is 0.290. The Morgan fingerprint density at radius 3 is 2.48 bits per heavy atom. The van der Waals surface area contributed by atoms with Gasteiger partial charge in [0.2, 0.25) is 5.91 Å². The molecule has 0 unspecified atom stereocenters. The Kier molecular flexibility index (Phi) is 7.53. The fourth-order valence-corrected chi connectivity index (χ4v) is 7.89. The highest BCUT2D eigenvalue weighted by molar-refractivity contribution is 7.92. The van der Waals surface area contributed by atoms with Crippen LogP contribution in [0.5, 0.6) is 0 Å². The zero-order chi connectivity index (χ0) is 31.5. The summed E-state index contributed by atoms with van der Waals surface area (Å²) < 4.78 is 59.2. The number of rotatable bonds is 6. The molecule has 0 N–H and O–H groups in total. The van der Waals surface area contributed by atoms with Crippen LogP contribution in [-0.4, -0.2) is 64.7 Å². The van der Waals surface area contributed by atoms with Crippen molar-refractivity contribution in [2.75, 3.05) is 24.5 Å². The highest BCUT2D eigenvalue weighted by Gasteiger charge is 2.39. The van der Waals surface area contributed by atoms with Crippen LogP contribution in [0.4, 0.5) is 14.6 Å². The minimum atomic E-state index is -3.82. The van der Waals surface area contributed by atoms with Crippen molar-refractivity contribution in [3.05, 3.63) is 87.8 Å². The lowest BCUT2D eigenvalue weighted by atomic mass is 10.1. The van der Waals surface area contributed by atoms with Crippen molar-refractivity contribution in [3.8, 4) is 16.9 Å². The van der Waals surface area contributed by atoms with Gasteiger partial charge in [-0.25, -0.2) is 31.5 Å². The lowest BCUT2D eigenvalue weighted by molar-refractivity contribution is -0.126. The summed E-state index contributed by atoms with van der Waals surface area (Å²) >= 11 is 6.30. The van der Waals surface area contributed by atoms with Crippen LogP contribution in [0.25, 0.3) is 28.0 Å². The minimum absolute atomic E-state index is 0.0487. The molecule has 2 aromatic heterocycles. The van der Waals surface area contributed by atoms with E-state index in [0.717, 1.165) is 16.7 Å². The van der Waals surface area contributed by atoms with Gasteiger partial charge >= 0.3 is 5.69 Å². The third-order valence-electron chi connectivity index (χ3n) is 8.08. The molecule has 1 aliphatic heterocycles. The highest BCUT2D eigenvalue weighted by Crippen LogP contribution is 2.39. The Bertz CT molecular complexity index is 2010. The summed E-state index contributed by atoms with van der Waals surface area (Å²) in [4.78, 5) is 38.4. The number of nitrogens with zero attached hydrogens (tertiary/aromatic N) is 5. The number of pyridine rings is 1. The van der Waals surface area contributed by atoms with Crippen LogP contribution in [-0.2, 0) is 14.6 Å². The second-order valence-corrected chi connectivity index (χ2v) is 13.6. The summed E-state index contributed by atoms with van der Waals surface area (Å²) in [6.45, 7) is 7.88. The van der Waals surface area contributed by atoms with Crippen LogP contribution in [0.3, 0.4) is 0 Å². The number of carbonyl (C=O) groups excluding carboxylic acids is 1. The number of amides is 1. The van der Waals surface area contributed by atoms with E-state index in [4.69, 9.17) is 11.6 Å². The topological polar surface area (TPSA) is 105 Å². The van der Waals surface area contributed by atoms with Crippen molar-refractivity contribution in [1.82, 2.24) is 19.4 Å². The average Bonchev–Trinajstić information content (AvgIpc) is 3.84. The number of fused-ring (bicyclic) bond motifs is 1. The summed E-state index contributed by atoms with van der Waals surface area (Å²) in [5.41, 5.74) is -1.21. The molecule has 9 nitrogen and oxygen atoms in total. The van der Waals surface area contributed by atoms with Gasteiger partial charge in [0, 0.05) is 25.7 Å². The van der Waals surface area contributed by atoms with Gasteiger partial charge in [0.05, 0.1) is 31.8 Å². The number of piperazine rings is 1. The Labute approximate surface area is 257 Å². The number of hydrogen-bond donors (Lipinski definition) is 0. The number of carbonyl (C=O) groups is 1. The van der Waals surface area contributed by atoms with E-state index in [1.54, 1.807) is 28.9 Å². The number of benzene rings is 2. The van der Waals surface area contributed by atoms with Gasteiger partial charge in [-0.1, -0.05) is 36.4 Å². The molecule has 228 valence electrons. The second kappa shape index (κ2) is 11.1. The van der Waals surface area contributed by atoms with E-state index in [0.29, 0.717) is 24.9 Å². The number of halogens is 3. The first kappa shape index (κ1) is 29.9. The summed E-state index contributed by atoms with van der Waals surface area (Å²) in [7, 11) is -3.82. The first-order valence-electron chi connectivity index (χ1n) is 14.0. The number of aryl methyl sites for hydroxylation is 1. The fourth-order valence-electron chi connectivity index (χ4n) is 5.73. The van der Waals surface area contributed by atoms with Gasteiger partial charge in [0.1, 0.15) is 17.3 Å². The van der Waals surface area contributed by atoms with E-state index in [-0.39, 0.29) is 63.1 Å². The molecule has 6 rings (SSSR count). The lowest BCUT2D eigenvalue weighted by Gasteiger charge is -2.40. The van der Waals surface area contributed by atoms with E-state index in [1.165, 1.54) is 24.3 Å². The molecule has 4 aromatic rings. The Hall–Kier alpha value is -4.16. The summed E-state index contributed by atoms with van der Waals surface area (Å²) in [6.07, 6.45) is 2.22. The van der Waals surface area contributed by atoms with Crippen molar-refractivity contribution >= 4 is 44.2 Å². The van der Waals surface area contributed by atoms with E-state index in [1.807, 2.05) is 6.92 Å². The summed E-state index contributed by atoms with van der Waals surface area (Å²) in [6, 6.07) is 9.33. The monoisotopic (exact) mass is 639 g/mol. The molecule has 0 bridgehead atoms. The minimum Gasteiger partial charge on any atom is -0.350 e. The molecule has 44 heavy (non-hydrogen) atoms. The second-order valence-electron chi connectivity index (χ2n) is 11.0. The third kappa shape index (κ3) is 4.95. The van der Waals surface area contributed by atoms with Gasteiger partial charge in [-0.15, -0.1) is 0 Å². The maximum atomic E-state index is 15.9. The molecule has 1 amide bonds. The van der Waals surface area contributed by atoms with E-state index < -0.39 is 38.1 Å². The maximum Gasteiger partial charge on any atom is 0.355 e. The molecule has 2 aliphatic rings. The van der Waals surface area contributed by atoms with Gasteiger partial charge in [0.25, 0.3) is 0 Å². The van der Waals surface area contributed by atoms with Crippen molar-refractivity contribution in [3.63, 3.8) is 0 Å². The van der Waals surface area contributed by atoms with Crippen LogP contribution in [0.2, 0.25) is 5.02 Å². The molecule has 13 heteroatoms. The lowest BCUT2D eigenvalue weighted by Crippen LogP contribution is -2.54. The molecular weight excluding hydrogens is 612 g/mol. The van der Waals surface area contributed by atoms with Crippen LogP contribution in [0.15, 0.2) is 64.8 Å². The molecule has 2 fully saturated rings. The first-order chi connectivity index (χ1) is 20.9. The quantitative estimate of drug-likeness (QED) is 0.278. The molecule has 1 aliphatic carbocycles. The van der Waals surface area contributed by atoms with Gasteiger partial charge in [-0.05, 0) is 62.6 Å². The van der Waals surface area contributed by atoms with Gasteiger partial charge in [0.15, 0.2) is 21.3 Å². The highest BCUT2D eigenvalue weighted by atomic mass is 35.5. The molecule has 1 saturated heterocycles. The zero-order valence-electron chi connectivity index (χ0n) is 23.9. The predicted molar refractivity (Wildman–Crippen MR) is 164 cm³/mol. The smallest absolute Gasteiger partial charge is 0.350 e. The summed E-state index contributed by atoms with van der Waals surface area (Å²) in [5.74, 6) is -1.87. The van der Waals surface area contributed by atoms with Crippen molar-refractivity contribution < 1.29 is 22.0 Å². The largest absolute Gasteiger partial charge is 0.355 e. The van der Waals surface area contributed by atoms with Crippen LogP contribution < -0.4 is 10.6 Å². The van der Waals surface area contributed by atoms with E-state index in [9.17, 15) is 18.0 Å². The standard InChI is InChI=1S/C31H28ClF2N5O4S/c1-4-25(40)37-13-14-38(18(3)16-37)29-20-15-23(34)27(26-21(32)8-6-9-22(26)33)35-30(20)39(31(41)36-29)28-17(2)7-5-10-24(28)44(42,43)19-11-12-19/h4-10,15,18-19H,1,11-14,16H2,2-3H3/t18-/m0/s1. The van der Waals surface area contributed by atoms with E-state index in [2.05, 4.69) is 16.5 Å². The average molecular weight is 640 g/mol. The molecule has 3 heterocycles. The number of sulfone groups is 1. The number of aromatic nitrogens is 3. The Morgan fingerprint density at radius 2 is 1.82 bits per heavy atom. The molecule has 1 saturated carbocycles. The molecule has 0 spiro atoms. The van der Waals surface area contributed by atoms with Crippen LogP contribution >= 0.6 is 11.6 Å². The molecule has 2 aromatic carbocycles. The third-order valence-corrected chi connectivity index (χ3v) is 10.7. The van der Waals surface area contributed by atoms with Crippen molar-refractivity contribution in [2.24, 2.45) is 0 Å². The predicted octanol–water partition coefficient (Wildman–Crippen LogP) is 4.85. The number of hydrogen-bond acceptors (Lipinski definition) is 7. The molecular formula is C31H28ClF2N5O4S. The van der Waals surface area contributed by atoms with Crippen LogP contribution in [0, 0.1) is 18.6 Å². The normalized spacial score (nSPS) is 17.2. The van der Waals surface area contributed by atoms with Gasteiger partial charge in [-0.3, -0.25) is 4.79 Å². The zero-order valence-corrected chi connectivity index (χ0v) is 25.5. The van der Waals surface area contributed by atoms with Gasteiger partial charge in [-0.2, -0.15) is 4.98 Å². The summed E-state index contributed by atoms with van der Waals surface area (Å²) in [5, 5.41) is -0.569. The first-order valence-corrected chi connectivity index (χ1v) is 16.0. The van der Waals surface area contributed by atoms with Crippen molar-refractivity contribution in [2.45, 2.75) is 42.9 Å². The molecule has 0 radical (unpaired) electrons. The van der Waals surface area contributed by atoms with Crippen LogP contribution in [0.1, 0.15) is 25.3 Å². The maximum absolute atomic E-state index is 15.9. The van der Waals surface area contributed by atoms with E-state index >= 15 is 8.78 Å². The number of anilines is 1. The Balaban J connectivity index is 1.66. The molecule has 1 atom stereocenters. The van der Waals surface area contributed by atoms with Gasteiger partial charge < -0.3 is 9.80 Å².